The first-order valence-corrected chi connectivity index (χ1v) is 9.30. The molecule has 1 heterocycles. The van der Waals surface area contributed by atoms with Gasteiger partial charge in [0.25, 0.3) is 0 Å². The van der Waals surface area contributed by atoms with Crippen LogP contribution in [-0.4, -0.2) is 38.0 Å². The fourth-order valence-corrected chi connectivity index (χ4v) is 4.21. The maximum Gasteiger partial charge on any atom is 0.154 e. The molecule has 1 saturated heterocycles. The van der Waals surface area contributed by atoms with Gasteiger partial charge < -0.3 is 10.2 Å². The van der Waals surface area contributed by atoms with Crippen molar-refractivity contribution in [3.8, 4) is 0 Å². The molecule has 5 heteroatoms. The average Bonchev–Trinajstić information content (AvgIpc) is 2.35. The Morgan fingerprint density at radius 3 is 2.57 bits per heavy atom. The van der Waals surface area contributed by atoms with Gasteiger partial charge in [-0.25, -0.2) is 8.42 Å². The number of sulfone groups is 1. The maximum absolute atomic E-state index is 11.7. The average molecular weight is 310 g/mol. The first kappa shape index (κ1) is 16.3. The van der Waals surface area contributed by atoms with Crippen LogP contribution in [0.1, 0.15) is 33.3 Å². The number of nitrogens with one attached hydrogen (secondary N) is 1. The summed E-state index contributed by atoms with van der Waals surface area (Å²) >= 11 is 0. The van der Waals surface area contributed by atoms with Gasteiger partial charge in [-0.2, -0.15) is 0 Å². The van der Waals surface area contributed by atoms with E-state index in [0.717, 1.165) is 12.2 Å². The van der Waals surface area contributed by atoms with Crippen molar-refractivity contribution >= 4 is 15.5 Å². The van der Waals surface area contributed by atoms with Crippen LogP contribution in [0, 0.1) is 0 Å². The molecule has 2 rings (SSSR count). The molecule has 118 valence electrons. The minimum absolute atomic E-state index is 0.0273. The highest BCUT2D eigenvalue weighted by atomic mass is 32.2. The van der Waals surface area contributed by atoms with Crippen LogP contribution in [0.5, 0.6) is 0 Å². The van der Waals surface area contributed by atoms with E-state index in [9.17, 15) is 8.42 Å². The van der Waals surface area contributed by atoms with Gasteiger partial charge in [0.2, 0.25) is 0 Å². The maximum atomic E-state index is 11.7. The summed E-state index contributed by atoms with van der Waals surface area (Å²) in [6, 6.07) is 8.29. The van der Waals surface area contributed by atoms with Gasteiger partial charge in [-0.3, -0.25) is 0 Å². The smallest absolute Gasteiger partial charge is 0.154 e. The number of benzene rings is 1. The summed E-state index contributed by atoms with van der Waals surface area (Å²) < 4.78 is 23.5. The standard InChI is InChI=1S/C16H26N2O2S/c1-13-12-21(19,20)10-9-18(13)15-8-6-5-7-14(15)11-17-16(2,3)4/h5-8,13,17H,9-12H2,1-4H3. The lowest BCUT2D eigenvalue weighted by atomic mass is 10.1. The Labute approximate surface area is 128 Å². The number of hydrogen-bond donors (Lipinski definition) is 1. The molecule has 4 nitrogen and oxygen atoms in total. The van der Waals surface area contributed by atoms with Gasteiger partial charge in [0.15, 0.2) is 9.84 Å². The Balaban J connectivity index is 2.20. The highest BCUT2D eigenvalue weighted by molar-refractivity contribution is 7.91. The minimum Gasteiger partial charge on any atom is -0.367 e. The number of para-hydroxylation sites is 1. The van der Waals surface area contributed by atoms with Crippen LogP contribution in [0.25, 0.3) is 0 Å². The second-order valence-corrected chi connectivity index (χ2v) is 9.12. The zero-order chi connectivity index (χ0) is 15.7. The fraction of sp³-hybridized carbons (Fsp3) is 0.625. The van der Waals surface area contributed by atoms with Crippen LogP contribution >= 0.6 is 0 Å². The lowest BCUT2D eigenvalue weighted by Gasteiger charge is -2.36. The van der Waals surface area contributed by atoms with Crippen molar-refractivity contribution in [2.24, 2.45) is 0 Å². The molecule has 21 heavy (non-hydrogen) atoms. The monoisotopic (exact) mass is 310 g/mol. The van der Waals surface area contributed by atoms with E-state index in [-0.39, 0.29) is 23.1 Å². The molecule has 1 unspecified atom stereocenters. The van der Waals surface area contributed by atoms with Crippen molar-refractivity contribution in [2.45, 2.75) is 45.8 Å². The summed E-state index contributed by atoms with van der Waals surface area (Å²) in [6.07, 6.45) is 0. The fourth-order valence-electron chi connectivity index (χ4n) is 2.66. The first-order valence-electron chi connectivity index (χ1n) is 7.48. The van der Waals surface area contributed by atoms with Crippen molar-refractivity contribution in [3.05, 3.63) is 29.8 Å². The molecular formula is C16H26N2O2S. The van der Waals surface area contributed by atoms with Gasteiger partial charge in [0, 0.05) is 30.4 Å². The molecule has 0 radical (unpaired) electrons. The van der Waals surface area contributed by atoms with Gasteiger partial charge in [-0.15, -0.1) is 0 Å². The summed E-state index contributed by atoms with van der Waals surface area (Å²) in [5, 5.41) is 3.50. The number of hydrogen-bond acceptors (Lipinski definition) is 4. The van der Waals surface area contributed by atoms with E-state index in [4.69, 9.17) is 0 Å². The molecule has 1 aliphatic rings. The quantitative estimate of drug-likeness (QED) is 0.930. The molecule has 1 aromatic rings. The second kappa shape index (κ2) is 5.97. The summed E-state index contributed by atoms with van der Waals surface area (Å²) in [6.45, 7) is 9.79. The third-order valence-corrected chi connectivity index (χ3v) is 5.58. The van der Waals surface area contributed by atoms with Crippen LogP contribution in [0.15, 0.2) is 24.3 Å². The van der Waals surface area contributed by atoms with E-state index >= 15 is 0 Å². The van der Waals surface area contributed by atoms with E-state index in [1.807, 2.05) is 19.1 Å². The first-order chi connectivity index (χ1) is 9.68. The van der Waals surface area contributed by atoms with Crippen LogP contribution in [0.2, 0.25) is 0 Å². The minimum atomic E-state index is -2.88. The Kier molecular flexibility index (Phi) is 4.63. The zero-order valence-electron chi connectivity index (χ0n) is 13.4. The molecule has 1 fully saturated rings. The molecule has 0 saturated carbocycles. The molecular weight excluding hydrogens is 284 g/mol. The molecule has 0 aromatic heterocycles. The van der Waals surface area contributed by atoms with Gasteiger partial charge in [0.05, 0.1) is 11.5 Å². The predicted molar refractivity (Wildman–Crippen MR) is 88.5 cm³/mol. The van der Waals surface area contributed by atoms with Gasteiger partial charge >= 0.3 is 0 Å². The van der Waals surface area contributed by atoms with Gasteiger partial charge in [0.1, 0.15) is 0 Å². The Morgan fingerprint density at radius 1 is 1.29 bits per heavy atom. The van der Waals surface area contributed by atoms with Gasteiger partial charge in [-0.1, -0.05) is 18.2 Å². The SMILES string of the molecule is CC1CS(=O)(=O)CCN1c1ccccc1CNC(C)(C)C. The van der Waals surface area contributed by atoms with Crippen molar-refractivity contribution in [3.63, 3.8) is 0 Å². The third-order valence-electron chi connectivity index (χ3n) is 3.78. The van der Waals surface area contributed by atoms with Crippen LogP contribution in [0.3, 0.4) is 0 Å². The summed E-state index contributed by atoms with van der Waals surface area (Å²) in [7, 11) is -2.88. The van der Waals surface area contributed by atoms with Crippen molar-refractivity contribution in [2.75, 3.05) is 23.0 Å². The highest BCUT2D eigenvalue weighted by Gasteiger charge is 2.29. The lowest BCUT2D eigenvalue weighted by molar-refractivity contribution is 0.424. The molecule has 1 aromatic carbocycles. The Hall–Kier alpha value is -1.07. The number of rotatable bonds is 3. The molecule has 0 spiro atoms. The lowest BCUT2D eigenvalue weighted by Crippen LogP contribution is -2.47. The zero-order valence-corrected chi connectivity index (χ0v) is 14.2. The molecule has 1 N–H and O–H groups in total. The van der Waals surface area contributed by atoms with E-state index in [2.05, 4.69) is 43.1 Å². The number of anilines is 1. The topological polar surface area (TPSA) is 49.4 Å². The Morgan fingerprint density at radius 2 is 1.95 bits per heavy atom. The molecule has 0 aliphatic carbocycles. The molecule has 0 amide bonds. The van der Waals surface area contributed by atoms with E-state index in [0.29, 0.717) is 6.54 Å². The van der Waals surface area contributed by atoms with Crippen molar-refractivity contribution in [1.82, 2.24) is 5.32 Å². The van der Waals surface area contributed by atoms with E-state index < -0.39 is 9.84 Å². The van der Waals surface area contributed by atoms with Crippen LogP contribution < -0.4 is 10.2 Å². The normalized spacial score (nSPS) is 22.3. The summed E-state index contributed by atoms with van der Waals surface area (Å²) in [4.78, 5) is 2.22. The van der Waals surface area contributed by atoms with Crippen molar-refractivity contribution < 1.29 is 8.42 Å². The summed E-state index contributed by atoms with van der Waals surface area (Å²) in [5.74, 6) is 0.492. The van der Waals surface area contributed by atoms with E-state index in [1.54, 1.807) is 0 Å². The van der Waals surface area contributed by atoms with Gasteiger partial charge in [-0.05, 0) is 39.3 Å². The third kappa shape index (κ3) is 4.45. The molecule has 0 bridgehead atoms. The highest BCUT2D eigenvalue weighted by Crippen LogP contribution is 2.26. The predicted octanol–water partition coefficient (Wildman–Crippen LogP) is 2.20. The molecule has 1 atom stereocenters. The number of nitrogens with zero attached hydrogens (tertiary/aromatic N) is 1. The van der Waals surface area contributed by atoms with E-state index in [1.165, 1.54) is 5.56 Å². The van der Waals surface area contributed by atoms with Crippen LogP contribution in [-0.2, 0) is 16.4 Å². The van der Waals surface area contributed by atoms with Crippen molar-refractivity contribution in [1.29, 1.82) is 0 Å². The second-order valence-electron chi connectivity index (χ2n) is 6.89. The summed E-state index contributed by atoms with van der Waals surface area (Å²) in [5.41, 5.74) is 2.43. The molecule has 1 aliphatic heterocycles. The largest absolute Gasteiger partial charge is 0.367 e. The Bertz CT molecular complexity index is 591. The van der Waals surface area contributed by atoms with Crippen LogP contribution in [0.4, 0.5) is 5.69 Å².